The summed E-state index contributed by atoms with van der Waals surface area (Å²) in [5.74, 6) is -0.774. The Morgan fingerprint density at radius 1 is 1.55 bits per heavy atom. The molecule has 2 rings (SSSR count). The van der Waals surface area contributed by atoms with E-state index < -0.39 is 5.97 Å². The minimum absolute atomic E-state index is 0.000441. The van der Waals surface area contributed by atoms with Crippen LogP contribution in [0.2, 0.25) is 0 Å². The molecule has 1 aromatic rings. The number of carboxylic acid groups (broad SMARTS) is 1. The zero-order valence-corrected chi connectivity index (χ0v) is 11.6. The van der Waals surface area contributed by atoms with Crippen LogP contribution >= 0.6 is 0 Å². The number of hydrogen-bond donors (Lipinski definition) is 1. The molecule has 4 heteroatoms. The van der Waals surface area contributed by atoms with Crippen LogP contribution in [0.3, 0.4) is 0 Å². The van der Waals surface area contributed by atoms with E-state index in [4.69, 9.17) is 14.6 Å². The average molecular weight is 276 g/mol. The van der Waals surface area contributed by atoms with Gasteiger partial charge in [-0.2, -0.15) is 0 Å². The Balaban J connectivity index is 1.94. The van der Waals surface area contributed by atoms with Crippen LogP contribution in [0.5, 0.6) is 0 Å². The van der Waals surface area contributed by atoms with Gasteiger partial charge in [-0.3, -0.25) is 4.79 Å². The van der Waals surface area contributed by atoms with Crippen LogP contribution in [-0.4, -0.2) is 30.4 Å². The number of allylic oxidation sites excluding steroid dienone is 1. The SMILES string of the molecule is C[C@@H](OC[C@H]1CO1)c1ccccc1/C=C/CCC(=O)O. The van der Waals surface area contributed by atoms with Gasteiger partial charge in [0.25, 0.3) is 0 Å². The normalized spacial score (nSPS) is 19.1. The van der Waals surface area contributed by atoms with Crippen molar-refractivity contribution in [2.24, 2.45) is 0 Å². The first-order chi connectivity index (χ1) is 9.66. The minimum Gasteiger partial charge on any atom is -0.481 e. The second-order valence-corrected chi connectivity index (χ2v) is 4.89. The quantitative estimate of drug-likeness (QED) is 0.741. The first-order valence-electron chi connectivity index (χ1n) is 6.87. The van der Waals surface area contributed by atoms with E-state index in [-0.39, 0.29) is 18.6 Å². The van der Waals surface area contributed by atoms with Gasteiger partial charge in [0, 0.05) is 6.42 Å². The van der Waals surface area contributed by atoms with Gasteiger partial charge in [0.2, 0.25) is 0 Å². The van der Waals surface area contributed by atoms with E-state index in [0.717, 1.165) is 17.7 Å². The van der Waals surface area contributed by atoms with Gasteiger partial charge in [-0.05, 0) is 24.5 Å². The van der Waals surface area contributed by atoms with Gasteiger partial charge >= 0.3 is 5.97 Å². The molecule has 108 valence electrons. The number of rotatable bonds is 8. The maximum Gasteiger partial charge on any atom is 0.303 e. The number of carbonyl (C=O) groups is 1. The first kappa shape index (κ1) is 14.8. The van der Waals surface area contributed by atoms with E-state index in [1.807, 2.05) is 43.3 Å². The van der Waals surface area contributed by atoms with Crippen LogP contribution in [0.25, 0.3) is 6.08 Å². The molecule has 1 saturated heterocycles. The average Bonchev–Trinajstić information content (AvgIpc) is 3.25. The van der Waals surface area contributed by atoms with Crippen molar-refractivity contribution in [2.75, 3.05) is 13.2 Å². The van der Waals surface area contributed by atoms with Crippen LogP contribution in [-0.2, 0) is 14.3 Å². The number of epoxide rings is 1. The van der Waals surface area contributed by atoms with Crippen molar-refractivity contribution in [3.8, 4) is 0 Å². The van der Waals surface area contributed by atoms with Gasteiger partial charge in [0.05, 0.1) is 19.3 Å². The summed E-state index contributed by atoms with van der Waals surface area (Å²) in [4.78, 5) is 10.5. The Morgan fingerprint density at radius 2 is 2.30 bits per heavy atom. The van der Waals surface area contributed by atoms with E-state index in [2.05, 4.69) is 0 Å². The standard InChI is InChI=1S/C16H20O4/c1-12(19-10-14-11-20-14)15-8-4-2-6-13(15)7-3-5-9-16(17)18/h2-4,6-8,12,14H,5,9-11H2,1H3,(H,17,18)/b7-3+/t12-,14+/m1/s1. The van der Waals surface area contributed by atoms with Gasteiger partial charge in [0.15, 0.2) is 0 Å². The summed E-state index contributed by atoms with van der Waals surface area (Å²) in [6.45, 7) is 3.44. The molecule has 0 unspecified atom stereocenters. The Labute approximate surface area is 119 Å². The third-order valence-electron chi connectivity index (χ3n) is 3.19. The maximum atomic E-state index is 10.5. The van der Waals surface area contributed by atoms with Gasteiger partial charge in [-0.25, -0.2) is 0 Å². The highest BCUT2D eigenvalue weighted by molar-refractivity contribution is 5.67. The molecule has 20 heavy (non-hydrogen) atoms. The van der Waals surface area contributed by atoms with Gasteiger partial charge in [0.1, 0.15) is 6.10 Å². The van der Waals surface area contributed by atoms with E-state index in [1.165, 1.54) is 0 Å². The minimum atomic E-state index is -0.774. The van der Waals surface area contributed by atoms with Crippen molar-refractivity contribution in [2.45, 2.75) is 32.0 Å². The first-order valence-corrected chi connectivity index (χ1v) is 6.87. The Morgan fingerprint density at radius 3 is 3.00 bits per heavy atom. The summed E-state index contributed by atoms with van der Waals surface area (Å²) in [5, 5.41) is 8.62. The molecular formula is C16H20O4. The molecule has 1 N–H and O–H groups in total. The number of ether oxygens (including phenoxy) is 2. The highest BCUT2D eigenvalue weighted by Crippen LogP contribution is 2.24. The van der Waals surface area contributed by atoms with E-state index in [9.17, 15) is 4.79 Å². The highest BCUT2D eigenvalue weighted by atomic mass is 16.6. The number of benzene rings is 1. The van der Waals surface area contributed by atoms with Gasteiger partial charge in [-0.1, -0.05) is 36.4 Å². The maximum absolute atomic E-state index is 10.5. The van der Waals surface area contributed by atoms with Gasteiger partial charge < -0.3 is 14.6 Å². The van der Waals surface area contributed by atoms with E-state index in [0.29, 0.717) is 13.0 Å². The summed E-state index contributed by atoms with van der Waals surface area (Å²) in [6, 6.07) is 8.00. The van der Waals surface area contributed by atoms with Gasteiger partial charge in [-0.15, -0.1) is 0 Å². The molecule has 1 heterocycles. The summed E-state index contributed by atoms with van der Waals surface area (Å²) in [6.07, 6.45) is 4.81. The molecule has 2 atom stereocenters. The molecule has 0 bridgehead atoms. The number of hydrogen-bond acceptors (Lipinski definition) is 3. The van der Waals surface area contributed by atoms with Crippen molar-refractivity contribution in [1.29, 1.82) is 0 Å². The van der Waals surface area contributed by atoms with Crippen molar-refractivity contribution in [1.82, 2.24) is 0 Å². The molecule has 1 aliphatic rings. The molecule has 0 radical (unpaired) electrons. The van der Waals surface area contributed by atoms with E-state index in [1.54, 1.807) is 0 Å². The summed E-state index contributed by atoms with van der Waals surface area (Å²) >= 11 is 0. The Hall–Kier alpha value is -1.65. The zero-order valence-electron chi connectivity index (χ0n) is 11.6. The lowest BCUT2D eigenvalue weighted by Crippen LogP contribution is -2.07. The van der Waals surface area contributed by atoms with Crippen molar-refractivity contribution in [3.05, 3.63) is 41.5 Å². The third kappa shape index (κ3) is 4.79. The van der Waals surface area contributed by atoms with E-state index >= 15 is 0 Å². The lowest BCUT2D eigenvalue weighted by Gasteiger charge is -2.15. The number of carboxylic acids is 1. The number of aliphatic carboxylic acids is 1. The molecule has 1 fully saturated rings. The van der Waals surface area contributed by atoms with Crippen molar-refractivity contribution in [3.63, 3.8) is 0 Å². The Bertz CT molecular complexity index is 477. The van der Waals surface area contributed by atoms with Crippen LogP contribution in [0.4, 0.5) is 0 Å². The molecular weight excluding hydrogens is 256 g/mol. The molecule has 0 aromatic heterocycles. The van der Waals surface area contributed by atoms with Crippen molar-refractivity contribution < 1.29 is 19.4 Å². The van der Waals surface area contributed by atoms with Crippen LogP contribution < -0.4 is 0 Å². The van der Waals surface area contributed by atoms with Crippen LogP contribution in [0, 0.1) is 0 Å². The van der Waals surface area contributed by atoms with Crippen LogP contribution in [0.15, 0.2) is 30.3 Å². The molecule has 0 amide bonds. The summed E-state index contributed by atoms with van der Waals surface area (Å²) < 4.78 is 10.9. The van der Waals surface area contributed by atoms with Crippen LogP contribution in [0.1, 0.15) is 37.0 Å². The summed E-state index contributed by atoms with van der Waals surface area (Å²) in [7, 11) is 0. The molecule has 0 spiro atoms. The predicted octanol–water partition coefficient (Wildman–Crippen LogP) is 3.04. The molecule has 0 saturated carbocycles. The third-order valence-corrected chi connectivity index (χ3v) is 3.19. The largest absolute Gasteiger partial charge is 0.481 e. The van der Waals surface area contributed by atoms with Crippen molar-refractivity contribution >= 4 is 12.0 Å². The Kier molecular flexibility index (Phi) is 5.32. The molecule has 0 aliphatic carbocycles. The fourth-order valence-corrected chi connectivity index (χ4v) is 1.96. The monoisotopic (exact) mass is 276 g/mol. The fourth-order valence-electron chi connectivity index (χ4n) is 1.96. The second kappa shape index (κ2) is 7.22. The molecule has 1 aliphatic heterocycles. The predicted molar refractivity (Wildman–Crippen MR) is 76.5 cm³/mol. The summed E-state index contributed by atoms with van der Waals surface area (Å²) in [5.41, 5.74) is 2.18. The molecule has 4 nitrogen and oxygen atoms in total. The lowest BCUT2D eigenvalue weighted by atomic mass is 10.0. The highest BCUT2D eigenvalue weighted by Gasteiger charge is 2.23. The second-order valence-electron chi connectivity index (χ2n) is 4.89. The molecule has 1 aromatic carbocycles. The topological polar surface area (TPSA) is 59.1 Å². The smallest absolute Gasteiger partial charge is 0.303 e. The zero-order chi connectivity index (χ0) is 14.4. The fraction of sp³-hybridized carbons (Fsp3) is 0.438. The lowest BCUT2D eigenvalue weighted by molar-refractivity contribution is -0.136.